The van der Waals surface area contributed by atoms with E-state index in [0.717, 1.165) is 11.3 Å². The van der Waals surface area contributed by atoms with Gasteiger partial charge in [0.05, 0.1) is 11.3 Å². The molecular formula is C22H16ClN3O. The lowest BCUT2D eigenvalue weighted by Gasteiger charge is -2.06. The molecule has 0 fully saturated rings. The number of phenolic OH excluding ortho intramolecular Hbond substituents is 1. The van der Waals surface area contributed by atoms with Crippen LogP contribution in [0.1, 0.15) is 11.4 Å². The van der Waals surface area contributed by atoms with Crippen LogP contribution in [0, 0.1) is 0 Å². The molecule has 27 heavy (non-hydrogen) atoms. The van der Waals surface area contributed by atoms with Gasteiger partial charge in [-0.2, -0.15) is 0 Å². The van der Waals surface area contributed by atoms with E-state index in [-0.39, 0.29) is 5.75 Å². The topological polar surface area (TPSA) is 50.9 Å². The van der Waals surface area contributed by atoms with E-state index >= 15 is 0 Å². The van der Waals surface area contributed by atoms with Gasteiger partial charge in [0.1, 0.15) is 5.75 Å². The summed E-state index contributed by atoms with van der Waals surface area (Å²) >= 11 is 6.21. The van der Waals surface area contributed by atoms with Crippen LogP contribution in [-0.4, -0.2) is 19.9 Å². The first-order chi connectivity index (χ1) is 13.2. The van der Waals surface area contributed by atoms with Gasteiger partial charge in [0.15, 0.2) is 11.6 Å². The fourth-order valence-electron chi connectivity index (χ4n) is 2.76. The van der Waals surface area contributed by atoms with Crippen molar-refractivity contribution in [3.8, 4) is 22.8 Å². The normalized spacial score (nSPS) is 11.1. The average molecular weight is 374 g/mol. The second-order valence-corrected chi connectivity index (χ2v) is 6.32. The van der Waals surface area contributed by atoms with E-state index in [0.29, 0.717) is 22.2 Å². The van der Waals surface area contributed by atoms with E-state index in [4.69, 9.17) is 11.6 Å². The van der Waals surface area contributed by atoms with Crippen LogP contribution < -0.4 is 0 Å². The van der Waals surface area contributed by atoms with Gasteiger partial charge in [-0.05, 0) is 48.0 Å². The first-order valence-electron chi connectivity index (χ1n) is 8.46. The third-order valence-electron chi connectivity index (χ3n) is 4.09. The molecule has 0 radical (unpaired) electrons. The lowest BCUT2D eigenvalue weighted by molar-refractivity contribution is 0.476. The first kappa shape index (κ1) is 17.1. The van der Waals surface area contributed by atoms with E-state index in [1.165, 1.54) is 0 Å². The fourth-order valence-corrected chi connectivity index (χ4v) is 2.96. The monoisotopic (exact) mass is 373 g/mol. The Balaban J connectivity index is 1.81. The Hall–Kier alpha value is -3.37. The van der Waals surface area contributed by atoms with Crippen LogP contribution >= 0.6 is 11.6 Å². The summed E-state index contributed by atoms with van der Waals surface area (Å²) in [5, 5.41) is 15.5. The summed E-state index contributed by atoms with van der Waals surface area (Å²) in [7, 11) is 0. The summed E-state index contributed by atoms with van der Waals surface area (Å²) in [5.41, 5.74) is 2.37. The molecule has 0 saturated carbocycles. The van der Waals surface area contributed by atoms with Gasteiger partial charge in [0, 0.05) is 5.02 Å². The number of aromatic nitrogens is 3. The highest BCUT2D eigenvalue weighted by Gasteiger charge is 2.15. The molecule has 5 heteroatoms. The number of halogens is 1. The predicted molar refractivity (Wildman–Crippen MR) is 109 cm³/mol. The Morgan fingerprint density at radius 1 is 0.815 bits per heavy atom. The molecule has 4 rings (SSSR count). The lowest BCUT2D eigenvalue weighted by Crippen LogP contribution is -1.99. The molecule has 0 aliphatic rings. The van der Waals surface area contributed by atoms with Crippen molar-refractivity contribution in [1.29, 1.82) is 0 Å². The van der Waals surface area contributed by atoms with Crippen LogP contribution in [0.5, 0.6) is 5.75 Å². The second-order valence-electron chi connectivity index (χ2n) is 5.91. The summed E-state index contributed by atoms with van der Waals surface area (Å²) in [6, 6.07) is 24.4. The molecule has 0 bridgehead atoms. The minimum absolute atomic E-state index is 0.156. The highest BCUT2D eigenvalue weighted by atomic mass is 35.5. The Morgan fingerprint density at radius 3 is 2.30 bits per heavy atom. The molecule has 0 aliphatic heterocycles. The molecule has 4 nitrogen and oxygen atoms in total. The SMILES string of the molecule is Oc1ccccc1-c1nc(/C=C/c2ccccc2Cl)nn1-c1ccccc1. The van der Waals surface area contributed by atoms with Crippen molar-refractivity contribution in [2.75, 3.05) is 0 Å². The largest absolute Gasteiger partial charge is 0.507 e. The van der Waals surface area contributed by atoms with Crippen LogP contribution in [-0.2, 0) is 0 Å². The number of benzene rings is 3. The summed E-state index contributed by atoms with van der Waals surface area (Å²) in [6.45, 7) is 0. The standard InChI is InChI=1S/C22H16ClN3O/c23-19-12-6-4-8-16(19)14-15-21-24-22(18-11-5-7-13-20(18)27)26(25-21)17-9-2-1-3-10-17/h1-15,27H/b15-14+. The molecule has 0 saturated heterocycles. The second kappa shape index (κ2) is 7.48. The molecule has 0 atom stereocenters. The molecule has 0 spiro atoms. The molecule has 0 aliphatic carbocycles. The van der Waals surface area contributed by atoms with Crippen molar-refractivity contribution in [2.45, 2.75) is 0 Å². The summed E-state index contributed by atoms with van der Waals surface area (Å²) in [5.74, 6) is 1.25. The molecule has 1 N–H and O–H groups in total. The van der Waals surface area contributed by atoms with Gasteiger partial charge < -0.3 is 5.11 Å². The van der Waals surface area contributed by atoms with E-state index in [1.807, 2.05) is 78.9 Å². The van der Waals surface area contributed by atoms with Gasteiger partial charge in [-0.3, -0.25) is 0 Å². The Morgan fingerprint density at radius 2 is 1.52 bits per heavy atom. The molecule has 3 aromatic carbocycles. The van der Waals surface area contributed by atoms with Gasteiger partial charge in [0.25, 0.3) is 0 Å². The molecular weight excluding hydrogens is 358 g/mol. The van der Waals surface area contributed by atoms with Crippen molar-refractivity contribution >= 4 is 23.8 Å². The van der Waals surface area contributed by atoms with Gasteiger partial charge in [-0.1, -0.05) is 60.1 Å². The van der Waals surface area contributed by atoms with Crippen molar-refractivity contribution < 1.29 is 5.11 Å². The number of phenols is 1. The zero-order chi connectivity index (χ0) is 18.6. The van der Waals surface area contributed by atoms with Crippen molar-refractivity contribution in [3.63, 3.8) is 0 Å². The molecule has 0 unspecified atom stereocenters. The number of hydrogen-bond donors (Lipinski definition) is 1. The van der Waals surface area contributed by atoms with Crippen LogP contribution in [0.3, 0.4) is 0 Å². The van der Waals surface area contributed by atoms with E-state index < -0.39 is 0 Å². The Bertz CT molecular complexity index is 1100. The number of hydrogen-bond acceptors (Lipinski definition) is 3. The highest BCUT2D eigenvalue weighted by molar-refractivity contribution is 6.32. The number of aromatic hydroxyl groups is 1. The third kappa shape index (κ3) is 3.61. The smallest absolute Gasteiger partial charge is 0.175 e. The van der Waals surface area contributed by atoms with Gasteiger partial charge in [0.2, 0.25) is 0 Å². The average Bonchev–Trinajstić information content (AvgIpc) is 3.12. The maximum Gasteiger partial charge on any atom is 0.175 e. The maximum atomic E-state index is 10.3. The van der Waals surface area contributed by atoms with E-state index in [9.17, 15) is 5.11 Å². The van der Waals surface area contributed by atoms with Crippen LogP contribution in [0.2, 0.25) is 5.02 Å². The summed E-state index contributed by atoms with van der Waals surface area (Å²) < 4.78 is 1.72. The van der Waals surface area contributed by atoms with Crippen molar-refractivity contribution in [2.24, 2.45) is 0 Å². The van der Waals surface area contributed by atoms with Crippen LogP contribution in [0.4, 0.5) is 0 Å². The lowest BCUT2D eigenvalue weighted by atomic mass is 10.2. The first-order valence-corrected chi connectivity index (χ1v) is 8.83. The van der Waals surface area contributed by atoms with Crippen molar-refractivity contribution in [1.82, 2.24) is 14.8 Å². The zero-order valence-corrected chi connectivity index (χ0v) is 15.1. The molecule has 4 aromatic rings. The van der Waals surface area contributed by atoms with Gasteiger partial charge in [-0.15, -0.1) is 5.10 Å². The molecule has 132 valence electrons. The third-order valence-corrected chi connectivity index (χ3v) is 4.43. The summed E-state index contributed by atoms with van der Waals surface area (Å²) in [4.78, 5) is 4.62. The predicted octanol–water partition coefficient (Wildman–Crippen LogP) is 5.46. The van der Waals surface area contributed by atoms with Crippen LogP contribution in [0.15, 0.2) is 78.9 Å². The minimum Gasteiger partial charge on any atom is -0.507 e. The molecule has 1 aromatic heterocycles. The quantitative estimate of drug-likeness (QED) is 0.516. The number of para-hydroxylation sites is 2. The van der Waals surface area contributed by atoms with Crippen molar-refractivity contribution in [3.05, 3.63) is 95.3 Å². The van der Waals surface area contributed by atoms with Gasteiger partial charge in [-0.25, -0.2) is 9.67 Å². The summed E-state index contributed by atoms with van der Waals surface area (Å²) in [6.07, 6.45) is 3.69. The highest BCUT2D eigenvalue weighted by Crippen LogP contribution is 2.29. The maximum absolute atomic E-state index is 10.3. The zero-order valence-electron chi connectivity index (χ0n) is 14.3. The Labute approximate surface area is 162 Å². The number of nitrogens with zero attached hydrogens (tertiary/aromatic N) is 3. The fraction of sp³-hybridized carbons (Fsp3) is 0. The number of rotatable bonds is 4. The van der Waals surface area contributed by atoms with E-state index in [1.54, 1.807) is 16.8 Å². The molecule has 1 heterocycles. The van der Waals surface area contributed by atoms with Gasteiger partial charge >= 0.3 is 0 Å². The van der Waals surface area contributed by atoms with Crippen LogP contribution in [0.25, 0.3) is 29.2 Å². The molecule has 0 amide bonds. The minimum atomic E-state index is 0.156. The Kier molecular flexibility index (Phi) is 4.73. The van der Waals surface area contributed by atoms with E-state index in [2.05, 4.69) is 10.1 Å².